The van der Waals surface area contributed by atoms with E-state index in [1.807, 2.05) is 6.07 Å². The Morgan fingerprint density at radius 3 is 2.80 bits per heavy atom. The maximum Gasteiger partial charge on any atom is 0.137 e. The van der Waals surface area contributed by atoms with Crippen molar-refractivity contribution in [2.24, 2.45) is 0 Å². The lowest BCUT2D eigenvalue weighted by atomic mass is 9.87. The quantitative estimate of drug-likeness (QED) is 0.791. The Morgan fingerprint density at radius 1 is 1.25 bits per heavy atom. The van der Waals surface area contributed by atoms with Crippen LogP contribution in [0.4, 0.5) is 0 Å². The molecule has 0 amide bonds. The smallest absolute Gasteiger partial charge is 0.137 e. The lowest BCUT2D eigenvalue weighted by Gasteiger charge is -2.27. The van der Waals surface area contributed by atoms with E-state index in [9.17, 15) is 0 Å². The van der Waals surface area contributed by atoms with Crippen molar-refractivity contribution in [3.8, 4) is 5.75 Å². The second kappa shape index (κ2) is 7.90. The maximum atomic E-state index is 6.15. The molecule has 0 radical (unpaired) electrons. The summed E-state index contributed by atoms with van der Waals surface area (Å²) in [6.07, 6.45) is 7.73. The number of rotatable bonds is 5. The number of benzene rings is 1. The summed E-state index contributed by atoms with van der Waals surface area (Å²) in [5, 5.41) is 4.44. The summed E-state index contributed by atoms with van der Waals surface area (Å²) in [6.45, 7) is 3.33. The van der Waals surface area contributed by atoms with Gasteiger partial charge < -0.3 is 10.1 Å². The van der Waals surface area contributed by atoms with Crippen molar-refractivity contribution < 1.29 is 4.74 Å². The van der Waals surface area contributed by atoms with Crippen LogP contribution in [0.3, 0.4) is 0 Å². The van der Waals surface area contributed by atoms with E-state index in [1.165, 1.54) is 44.1 Å². The molecular weight excluding hydrogens is 270 g/mol. The molecule has 1 N–H and O–H groups in total. The lowest BCUT2D eigenvalue weighted by molar-refractivity contribution is 0.401. The fraction of sp³-hybridized carbons (Fsp3) is 0.647. The molecule has 0 heterocycles. The highest BCUT2D eigenvalue weighted by Gasteiger charge is 2.25. The van der Waals surface area contributed by atoms with Crippen LogP contribution in [0.25, 0.3) is 0 Å². The summed E-state index contributed by atoms with van der Waals surface area (Å²) in [4.78, 5) is 0. The number of halogens is 1. The van der Waals surface area contributed by atoms with Crippen molar-refractivity contribution in [3.05, 3.63) is 28.8 Å². The molecule has 0 saturated heterocycles. The minimum absolute atomic E-state index is 0.579. The second-order valence-electron chi connectivity index (χ2n) is 5.70. The first-order valence-corrected chi connectivity index (χ1v) is 8.21. The standard InChI is InChI=1S/C17H26ClNO/c1-3-11-19-16-8-6-4-5-7-14(16)13-9-10-15(18)17(12-13)20-2/h9-10,12,14,16,19H,3-8,11H2,1-2H3. The topological polar surface area (TPSA) is 21.3 Å². The Bertz CT molecular complexity index is 421. The Kier molecular flexibility index (Phi) is 6.18. The number of hydrogen-bond acceptors (Lipinski definition) is 2. The lowest BCUT2D eigenvalue weighted by Crippen LogP contribution is -2.34. The molecule has 1 aromatic rings. The highest BCUT2D eigenvalue weighted by molar-refractivity contribution is 6.32. The average molecular weight is 296 g/mol. The van der Waals surface area contributed by atoms with E-state index in [0.717, 1.165) is 12.3 Å². The summed E-state index contributed by atoms with van der Waals surface area (Å²) in [7, 11) is 1.69. The van der Waals surface area contributed by atoms with Gasteiger partial charge in [-0.05, 0) is 49.4 Å². The number of hydrogen-bond donors (Lipinski definition) is 1. The highest BCUT2D eigenvalue weighted by atomic mass is 35.5. The van der Waals surface area contributed by atoms with Crippen LogP contribution in [0.5, 0.6) is 5.75 Å². The molecule has 0 spiro atoms. The van der Waals surface area contributed by atoms with Gasteiger partial charge in [0.05, 0.1) is 12.1 Å². The summed E-state index contributed by atoms with van der Waals surface area (Å²) in [5.41, 5.74) is 1.36. The van der Waals surface area contributed by atoms with Crippen LogP contribution < -0.4 is 10.1 Å². The van der Waals surface area contributed by atoms with E-state index in [0.29, 0.717) is 17.0 Å². The van der Waals surface area contributed by atoms with Gasteiger partial charge in [0.1, 0.15) is 5.75 Å². The zero-order valence-corrected chi connectivity index (χ0v) is 13.4. The Balaban J connectivity index is 2.20. The third-order valence-electron chi connectivity index (χ3n) is 4.28. The first kappa shape index (κ1) is 15.7. The average Bonchev–Trinajstić information content (AvgIpc) is 2.71. The van der Waals surface area contributed by atoms with E-state index in [2.05, 4.69) is 24.4 Å². The van der Waals surface area contributed by atoms with Gasteiger partial charge in [0.25, 0.3) is 0 Å². The van der Waals surface area contributed by atoms with E-state index >= 15 is 0 Å². The van der Waals surface area contributed by atoms with Crippen molar-refractivity contribution in [3.63, 3.8) is 0 Å². The Morgan fingerprint density at radius 2 is 2.05 bits per heavy atom. The number of methoxy groups -OCH3 is 1. The molecule has 0 bridgehead atoms. The normalized spacial score (nSPS) is 23.4. The van der Waals surface area contributed by atoms with Gasteiger partial charge in [-0.2, -0.15) is 0 Å². The molecule has 0 aliphatic heterocycles. The van der Waals surface area contributed by atoms with Crippen LogP contribution in [0, 0.1) is 0 Å². The van der Waals surface area contributed by atoms with E-state index in [4.69, 9.17) is 16.3 Å². The van der Waals surface area contributed by atoms with Gasteiger partial charge in [0, 0.05) is 6.04 Å². The molecule has 1 aromatic carbocycles. The van der Waals surface area contributed by atoms with Crippen LogP contribution in [0.15, 0.2) is 18.2 Å². The summed E-state index contributed by atoms with van der Waals surface area (Å²) in [6, 6.07) is 6.85. The molecule has 0 aromatic heterocycles. The zero-order valence-electron chi connectivity index (χ0n) is 12.6. The highest BCUT2D eigenvalue weighted by Crippen LogP contribution is 2.35. The first-order valence-electron chi connectivity index (χ1n) is 7.83. The monoisotopic (exact) mass is 295 g/mol. The summed E-state index contributed by atoms with van der Waals surface area (Å²) < 4.78 is 5.37. The van der Waals surface area contributed by atoms with Gasteiger partial charge in [-0.25, -0.2) is 0 Å². The minimum Gasteiger partial charge on any atom is -0.495 e. The van der Waals surface area contributed by atoms with Gasteiger partial charge in [-0.1, -0.05) is 43.9 Å². The van der Waals surface area contributed by atoms with Crippen molar-refractivity contribution >= 4 is 11.6 Å². The molecule has 2 nitrogen and oxygen atoms in total. The third kappa shape index (κ3) is 3.89. The van der Waals surface area contributed by atoms with Gasteiger partial charge in [-0.3, -0.25) is 0 Å². The zero-order chi connectivity index (χ0) is 14.4. The Labute approximate surface area is 127 Å². The van der Waals surface area contributed by atoms with Gasteiger partial charge in [0.2, 0.25) is 0 Å². The fourth-order valence-corrected chi connectivity index (χ4v) is 3.38. The van der Waals surface area contributed by atoms with Gasteiger partial charge in [0.15, 0.2) is 0 Å². The molecule has 1 fully saturated rings. The molecule has 2 atom stereocenters. The fourth-order valence-electron chi connectivity index (χ4n) is 3.19. The summed E-state index contributed by atoms with van der Waals surface area (Å²) >= 11 is 6.15. The molecule has 2 unspecified atom stereocenters. The van der Waals surface area contributed by atoms with Crippen molar-refractivity contribution in [2.45, 2.75) is 57.4 Å². The van der Waals surface area contributed by atoms with Crippen molar-refractivity contribution in [1.82, 2.24) is 5.32 Å². The molecular formula is C17H26ClNO. The van der Waals surface area contributed by atoms with E-state index < -0.39 is 0 Å². The van der Waals surface area contributed by atoms with Crippen molar-refractivity contribution in [2.75, 3.05) is 13.7 Å². The van der Waals surface area contributed by atoms with E-state index in [1.54, 1.807) is 7.11 Å². The van der Waals surface area contributed by atoms with Crippen LogP contribution in [-0.2, 0) is 0 Å². The largest absolute Gasteiger partial charge is 0.495 e. The predicted octanol–water partition coefficient (Wildman–Crippen LogP) is 4.76. The molecule has 1 aliphatic carbocycles. The van der Waals surface area contributed by atoms with Crippen LogP contribution in [-0.4, -0.2) is 19.7 Å². The molecule has 3 heteroatoms. The summed E-state index contributed by atoms with van der Waals surface area (Å²) in [5.74, 6) is 1.37. The molecule has 112 valence electrons. The van der Waals surface area contributed by atoms with Crippen LogP contribution in [0.2, 0.25) is 5.02 Å². The minimum atomic E-state index is 0.579. The SMILES string of the molecule is CCCNC1CCCCCC1c1ccc(Cl)c(OC)c1. The molecule has 1 saturated carbocycles. The predicted molar refractivity (Wildman–Crippen MR) is 85.9 cm³/mol. The number of nitrogens with one attached hydrogen (secondary N) is 1. The first-order chi connectivity index (χ1) is 9.76. The Hall–Kier alpha value is -0.730. The van der Waals surface area contributed by atoms with E-state index in [-0.39, 0.29) is 0 Å². The van der Waals surface area contributed by atoms with Crippen LogP contribution >= 0.6 is 11.6 Å². The molecule has 20 heavy (non-hydrogen) atoms. The second-order valence-corrected chi connectivity index (χ2v) is 6.11. The van der Waals surface area contributed by atoms with Crippen molar-refractivity contribution in [1.29, 1.82) is 0 Å². The molecule has 2 rings (SSSR count). The van der Waals surface area contributed by atoms with Gasteiger partial charge >= 0.3 is 0 Å². The molecule has 1 aliphatic rings. The van der Waals surface area contributed by atoms with Crippen LogP contribution in [0.1, 0.15) is 56.9 Å². The third-order valence-corrected chi connectivity index (χ3v) is 4.59. The maximum absolute atomic E-state index is 6.15. The van der Waals surface area contributed by atoms with Gasteiger partial charge in [-0.15, -0.1) is 0 Å². The number of ether oxygens (including phenoxy) is 1.